The van der Waals surface area contributed by atoms with Crippen LogP contribution in [0.25, 0.3) is 22.0 Å². The first-order valence-corrected chi connectivity index (χ1v) is 13.4. The van der Waals surface area contributed by atoms with Crippen molar-refractivity contribution < 1.29 is 19.4 Å². The molecule has 0 unspecified atom stereocenters. The number of methoxy groups -OCH3 is 1. The van der Waals surface area contributed by atoms with Gasteiger partial charge in [0.1, 0.15) is 5.75 Å². The summed E-state index contributed by atoms with van der Waals surface area (Å²) < 4.78 is 5.71. The quantitative estimate of drug-likeness (QED) is 0.330. The number of amides is 1. The molecule has 1 aromatic heterocycles. The third-order valence-corrected chi connectivity index (χ3v) is 7.54. The summed E-state index contributed by atoms with van der Waals surface area (Å²) in [5.74, 6) is 6.51. The van der Waals surface area contributed by atoms with Gasteiger partial charge in [-0.3, -0.25) is 9.69 Å². The first-order valence-electron chi connectivity index (χ1n) is 13.4. The van der Waals surface area contributed by atoms with E-state index in [0.717, 1.165) is 65.8 Å². The van der Waals surface area contributed by atoms with Gasteiger partial charge in [0.15, 0.2) is 0 Å². The van der Waals surface area contributed by atoms with Crippen molar-refractivity contribution in [2.24, 2.45) is 5.92 Å². The van der Waals surface area contributed by atoms with Crippen molar-refractivity contribution >= 4 is 22.8 Å². The van der Waals surface area contributed by atoms with E-state index >= 15 is 0 Å². The maximum Gasteiger partial charge on any atom is 0.336 e. The first-order chi connectivity index (χ1) is 19.3. The van der Waals surface area contributed by atoms with Crippen LogP contribution in [0.2, 0.25) is 0 Å². The lowest BCUT2D eigenvalue weighted by Crippen LogP contribution is -2.39. The number of ether oxygens (including phenoxy) is 1. The zero-order valence-corrected chi connectivity index (χ0v) is 23.0. The number of fused-ring (bicyclic) bond motifs is 1. The fourth-order valence-electron chi connectivity index (χ4n) is 5.39. The van der Waals surface area contributed by atoms with E-state index in [4.69, 9.17) is 4.74 Å². The van der Waals surface area contributed by atoms with Gasteiger partial charge in [-0.25, -0.2) is 4.79 Å². The fourth-order valence-corrected chi connectivity index (χ4v) is 5.39. The number of H-pyrrole nitrogens is 1. The minimum Gasteiger partial charge on any atom is -0.496 e. The van der Waals surface area contributed by atoms with E-state index in [2.05, 4.69) is 21.7 Å². The molecule has 2 N–H and O–H groups in total. The number of aromatic amines is 1. The van der Waals surface area contributed by atoms with Crippen molar-refractivity contribution in [3.05, 3.63) is 89.1 Å². The van der Waals surface area contributed by atoms with Crippen LogP contribution in [0.15, 0.2) is 66.9 Å². The topological polar surface area (TPSA) is 85.9 Å². The number of hydrogen-bond acceptors (Lipinski definition) is 4. The number of carbonyl (C=O) groups is 2. The Balaban J connectivity index is 1.39. The second kappa shape index (κ2) is 11.7. The van der Waals surface area contributed by atoms with E-state index in [1.807, 2.05) is 68.8 Å². The molecule has 0 radical (unpaired) electrons. The van der Waals surface area contributed by atoms with Crippen LogP contribution in [0.3, 0.4) is 0 Å². The lowest BCUT2D eigenvalue weighted by Gasteiger charge is -2.32. The number of nitrogens with zero attached hydrogens (tertiary/aromatic N) is 2. The van der Waals surface area contributed by atoms with E-state index in [9.17, 15) is 14.7 Å². The average Bonchev–Trinajstić information content (AvgIpc) is 3.44. The molecule has 204 valence electrons. The smallest absolute Gasteiger partial charge is 0.336 e. The van der Waals surface area contributed by atoms with Crippen LogP contribution in [0.4, 0.5) is 0 Å². The molecule has 4 aromatic rings. The van der Waals surface area contributed by atoms with E-state index in [1.54, 1.807) is 24.1 Å². The molecule has 1 saturated heterocycles. The van der Waals surface area contributed by atoms with Crippen molar-refractivity contribution in [3.8, 4) is 28.7 Å². The molecule has 7 heteroatoms. The minimum atomic E-state index is -0.994. The highest BCUT2D eigenvalue weighted by molar-refractivity contribution is 5.99. The predicted octanol–water partition coefficient (Wildman–Crippen LogP) is 5.24. The number of rotatable bonds is 6. The van der Waals surface area contributed by atoms with Crippen molar-refractivity contribution in [3.63, 3.8) is 0 Å². The van der Waals surface area contributed by atoms with Gasteiger partial charge in [0.05, 0.1) is 12.7 Å². The molecule has 3 aromatic carbocycles. The molecule has 0 aliphatic carbocycles. The lowest BCUT2D eigenvalue weighted by atomic mass is 9.93. The van der Waals surface area contributed by atoms with Crippen LogP contribution in [0.1, 0.15) is 39.9 Å². The summed E-state index contributed by atoms with van der Waals surface area (Å²) in [5.41, 5.74) is 5.02. The van der Waals surface area contributed by atoms with Gasteiger partial charge in [0.25, 0.3) is 0 Å². The Morgan fingerprint density at radius 1 is 1.05 bits per heavy atom. The van der Waals surface area contributed by atoms with Crippen molar-refractivity contribution in [1.29, 1.82) is 0 Å². The van der Waals surface area contributed by atoms with Crippen molar-refractivity contribution in [2.45, 2.75) is 19.4 Å². The summed E-state index contributed by atoms with van der Waals surface area (Å²) in [5, 5.41) is 11.0. The summed E-state index contributed by atoms with van der Waals surface area (Å²) in [6.07, 6.45) is 3.58. The van der Waals surface area contributed by atoms with Gasteiger partial charge in [0, 0.05) is 60.5 Å². The van der Waals surface area contributed by atoms with Crippen molar-refractivity contribution in [1.82, 2.24) is 14.8 Å². The van der Waals surface area contributed by atoms with Crippen LogP contribution in [-0.2, 0) is 11.3 Å². The molecular formula is C33H33N3O4. The minimum absolute atomic E-state index is 0.0973. The number of piperidine rings is 1. The van der Waals surface area contributed by atoms with Crippen LogP contribution in [-0.4, -0.2) is 66.1 Å². The summed E-state index contributed by atoms with van der Waals surface area (Å²) in [6, 6.07) is 19.0. The van der Waals surface area contributed by atoms with Gasteiger partial charge in [-0.15, -0.1) is 0 Å². The molecule has 2 heterocycles. The molecule has 1 aliphatic heterocycles. The molecule has 1 amide bonds. The first kappa shape index (κ1) is 27.0. The van der Waals surface area contributed by atoms with Crippen molar-refractivity contribution in [2.75, 3.05) is 34.3 Å². The van der Waals surface area contributed by atoms with Gasteiger partial charge < -0.3 is 19.7 Å². The Bertz CT molecular complexity index is 1620. The van der Waals surface area contributed by atoms with Gasteiger partial charge in [-0.2, -0.15) is 0 Å². The summed E-state index contributed by atoms with van der Waals surface area (Å²) >= 11 is 0. The second-order valence-corrected chi connectivity index (χ2v) is 10.4. The highest BCUT2D eigenvalue weighted by atomic mass is 16.5. The van der Waals surface area contributed by atoms with Gasteiger partial charge in [0.2, 0.25) is 5.91 Å². The zero-order chi connectivity index (χ0) is 28.2. The number of carboxylic acid groups (broad SMARTS) is 1. The van der Waals surface area contributed by atoms with Gasteiger partial charge in [-0.1, -0.05) is 36.1 Å². The van der Waals surface area contributed by atoms with E-state index < -0.39 is 5.97 Å². The monoisotopic (exact) mass is 535 g/mol. The maximum atomic E-state index is 12.3. The van der Waals surface area contributed by atoms with Gasteiger partial charge >= 0.3 is 5.97 Å². The number of carboxylic acids is 1. The number of benzene rings is 3. The standard InChI is InChI=1S/C33H33N3O4/c1-35(2)32(37)25-14-17-36(18-15-25)21-27-10-8-22(19-30(27)40-3)7-9-24-5-4-6-28(33(38)39)31(24)26-12-11-23-13-16-34-29(23)20-26/h4-6,8,10-13,16,19-20,25,34H,14-15,17-18,21H2,1-3H3,(H,38,39). The summed E-state index contributed by atoms with van der Waals surface area (Å²) in [6.45, 7) is 2.48. The van der Waals surface area contributed by atoms with E-state index in [-0.39, 0.29) is 17.4 Å². The highest BCUT2D eigenvalue weighted by Crippen LogP contribution is 2.31. The third kappa shape index (κ3) is 5.73. The van der Waals surface area contributed by atoms with E-state index in [1.165, 1.54) is 0 Å². The Morgan fingerprint density at radius 3 is 2.58 bits per heavy atom. The highest BCUT2D eigenvalue weighted by Gasteiger charge is 2.26. The Hall–Kier alpha value is -4.54. The molecule has 0 spiro atoms. The number of hydrogen-bond donors (Lipinski definition) is 2. The predicted molar refractivity (Wildman–Crippen MR) is 156 cm³/mol. The third-order valence-electron chi connectivity index (χ3n) is 7.54. The Labute approximate surface area is 234 Å². The molecule has 0 atom stereocenters. The maximum absolute atomic E-state index is 12.3. The molecule has 40 heavy (non-hydrogen) atoms. The number of carbonyl (C=O) groups excluding carboxylic acids is 1. The lowest BCUT2D eigenvalue weighted by molar-refractivity contribution is -0.134. The summed E-state index contributed by atoms with van der Waals surface area (Å²) in [7, 11) is 5.29. The number of nitrogens with one attached hydrogen (secondary N) is 1. The average molecular weight is 536 g/mol. The number of aromatic nitrogens is 1. The van der Waals surface area contributed by atoms with Crippen LogP contribution in [0.5, 0.6) is 5.75 Å². The Morgan fingerprint density at radius 2 is 1.85 bits per heavy atom. The van der Waals surface area contributed by atoms with Crippen LogP contribution < -0.4 is 4.74 Å². The number of likely N-dealkylation sites (tertiary alicyclic amines) is 1. The molecule has 1 aliphatic rings. The van der Waals surface area contributed by atoms with E-state index in [0.29, 0.717) is 11.1 Å². The zero-order valence-electron chi connectivity index (χ0n) is 23.0. The fraction of sp³-hybridized carbons (Fsp3) is 0.273. The van der Waals surface area contributed by atoms with Crippen LogP contribution >= 0.6 is 0 Å². The molecule has 7 nitrogen and oxygen atoms in total. The number of aromatic carboxylic acids is 1. The molecule has 1 fully saturated rings. The normalized spacial score (nSPS) is 14.0. The molecule has 0 bridgehead atoms. The molecular weight excluding hydrogens is 502 g/mol. The largest absolute Gasteiger partial charge is 0.496 e. The molecule has 5 rings (SSSR count). The SMILES string of the molecule is COc1cc(C#Cc2cccc(C(=O)O)c2-c2ccc3cc[nH]c3c2)ccc1CN1CCC(C(=O)N(C)C)CC1. The van der Waals surface area contributed by atoms with Crippen LogP contribution in [0, 0.1) is 17.8 Å². The molecule has 0 saturated carbocycles. The summed E-state index contributed by atoms with van der Waals surface area (Å²) in [4.78, 5) is 31.6. The second-order valence-electron chi connectivity index (χ2n) is 10.4. The Kier molecular flexibility index (Phi) is 7.90. The van der Waals surface area contributed by atoms with Gasteiger partial charge in [-0.05, 0) is 73.3 Å².